The largest absolute Gasteiger partial charge is 0.508 e. The van der Waals surface area contributed by atoms with Gasteiger partial charge in [0.15, 0.2) is 0 Å². The van der Waals surface area contributed by atoms with Crippen LogP contribution in [0.25, 0.3) is 0 Å². The van der Waals surface area contributed by atoms with E-state index < -0.39 is 5.60 Å². The minimum Gasteiger partial charge on any atom is -0.508 e. The Balaban J connectivity index is 1.49. The first-order valence-corrected chi connectivity index (χ1v) is 9.60. The summed E-state index contributed by atoms with van der Waals surface area (Å²) < 4.78 is 0. The summed E-state index contributed by atoms with van der Waals surface area (Å²) in [7, 11) is 0. The fourth-order valence-electron chi connectivity index (χ4n) is 4.63. The number of phenolic OH excluding ortho intramolecular Hbond substituents is 1. The van der Waals surface area contributed by atoms with Gasteiger partial charge in [0.1, 0.15) is 5.75 Å². The quantitative estimate of drug-likeness (QED) is 0.717. The number of hydrogen-bond donors (Lipinski definition) is 3. The third kappa shape index (κ3) is 2.98. The summed E-state index contributed by atoms with van der Waals surface area (Å²) in [6, 6.07) is 3.29. The van der Waals surface area contributed by atoms with Crippen molar-refractivity contribution in [1.82, 2.24) is 9.80 Å². The Kier molecular flexibility index (Phi) is 4.60. The van der Waals surface area contributed by atoms with Gasteiger partial charge in [0, 0.05) is 36.7 Å². The monoisotopic (exact) mass is 400 g/mol. The number of phenols is 1. The molecule has 3 fully saturated rings. The number of piperazine rings is 1. The Labute approximate surface area is 161 Å². The summed E-state index contributed by atoms with van der Waals surface area (Å²) >= 11 is 12.4. The molecule has 0 bridgehead atoms. The number of benzene rings is 1. The van der Waals surface area contributed by atoms with Crippen LogP contribution in [0, 0.1) is 0 Å². The highest BCUT2D eigenvalue weighted by molar-refractivity contribution is 6.42. The SMILES string of the molecule is O=C1CN([C@H]2C[C@](O)(CO)C2)C[C@@H]2C[C@H](c3c(O)ccc(Cl)c3Cl)CN12. The molecule has 0 radical (unpaired) electrons. The standard InChI is InChI=1S/C18H22Cl2N2O4/c19-13-1-2-14(24)16(17(13)20)10-3-11-7-21(8-15(25)22(11)6-10)12-4-18(26,5-12)9-23/h1-2,10-12,23-24,26H,3-9H2/t10-,11-,12-,18+/m0/s1. The van der Waals surface area contributed by atoms with Gasteiger partial charge in [0.05, 0.1) is 28.8 Å². The van der Waals surface area contributed by atoms with Crippen LogP contribution >= 0.6 is 23.2 Å². The van der Waals surface area contributed by atoms with E-state index in [0.29, 0.717) is 48.0 Å². The molecule has 4 rings (SSSR count). The van der Waals surface area contributed by atoms with Crippen LogP contribution in [0.3, 0.4) is 0 Å². The maximum atomic E-state index is 12.6. The van der Waals surface area contributed by atoms with E-state index in [0.717, 1.165) is 6.54 Å². The minimum absolute atomic E-state index is 0.0501. The Hall–Kier alpha value is -1.05. The number of hydrogen-bond acceptors (Lipinski definition) is 5. The van der Waals surface area contributed by atoms with Gasteiger partial charge in [-0.2, -0.15) is 0 Å². The fourth-order valence-corrected chi connectivity index (χ4v) is 5.11. The van der Waals surface area contributed by atoms with Gasteiger partial charge in [0.2, 0.25) is 5.91 Å². The summed E-state index contributed by atoms with van der Waals surface area (Å²) in [6.07, 6.45) is 1.70. The number of rotatable bonds is 3. The second kappa shape index (κ2) is 6.53. The molecule has 142 valence electrons. The van der Waals surface area contributed by atoms with Crippen LogP contribution in [0.4, 0.5) is 0 Å². The topological polar surface area (TPSA) is 84.2 Å². The average Bonchev–Trinajstić information content (AvgIpc) is 3.00. The van der Waals surface area contributed by atoms with E-state index in [-0.39, 0.29) is 36.3 Å². The minimum atomic E-state index is -0.997. The number of amides is 1. The third-order valence-corrected chi connectivity index (χ3v) is 6.90. The lowest BCUT2D eigenvalue weighted by molar-refractivity contribution is -0.151. The molecule has 3 N–H and O–H groups in total. The summed E-state index contributed by atoms with van der Waals surface area (Å²) in [5, 5.41) is 30.2. The lowest BCUT2D eigenvalue weighted by atomic mass is 9.75. The first-order chi connectivity index (χ1) is 12.3. The Morgan fingerprint density at radius 2 is 1.92 bits per heavy atom. The van der Waals surface area contributed by atoms with E-state index in [1.807, 2.05) is 4.90 Å². The van der Waals surface area contributed by atoms with Gasteiger partial charge in [-0.3, -0.25) is 9.69 Å². The van der Waals surface area contributed by atoms with Crippen molar-refractivity contribution in [3.63, 3.8) is 0 Å². The zero-order valence-electron chi connectivity index (χ0n) is 14.2. The molecule has 2 aliphatic heterocycles. The van der Waals surface area contributed by atoms with Crippen molar-refractivity contribution >= 4 is 29.1 Å². The van der Waals surface area contributed by atoms with Gasteiger partial charge in [-0.1, -0.05) is 23.2 Å². The van der Waals surface area contributed by atoms with Crippen molar-refractivity contribution in [1.29, 1.82) is 0 Å². The number of aromatic hydroxyl groups is 1. The predicted octanol–water partition coefficient (Wildman–Crippen LogP) is 1.58. The fraction of sp³-hybridized carbons (Fsp3) is 0.611. The Morgan fingerprint density at radius 3 is 2.62 bits per heavy atom. The highest BCUT2D eigenvalue weighted by atomic mass is 35.5. The first-order valence-electron chi connectivity index (χ1n) is 8.85. The molecular formula is C18H22Cl2N2O4. The zero-order valence-corrected chi connectivity index (χ0v) is 15.7. The molecule has 1 amide bonds. The summed E-state index contributed by atoms with van der Waals surface area (Å²) in [6.45, 7) is 1.34. The highest BCUT2D eigenvalue weighted by Gasteiger charge is 2.49. The van der Waals surface area contributed by atoms with Crippen molar-refractivity contribution in [2.24, 2.45) is 0 Å². The maximum absolute atomic E-state index is 12.6. The smallest absolute Gasteiger partial charge is 0.237 e. The highest BCUT2D eigenvalue weighted by Crippen LogP contribution is 2.44. The summed E-state index contributed by atoms with van der Waals surface area (Å²) in [4.78, 5) is 16.6. The zero-order chi connectivity index (χ0) is 18.6. The number of carbonyl (C=O) groups is 1. The molecule has 0 spiro atoms. The van der Waals surface area contributed by atoms with Crippen LogP contribution in [-0.4, -0.2) is 75.0 Å². The molecule has 3 aliphatic rings. The van der Waals surface area contributed by atoms with Crippen LogP contribution in [0.15, 0.2) is 12.1 Å². The Bertz CT molecular complexity index is 738. The molecule has 2 atom stereocenters. The van der Waals surface area contributed by atoms with Crippen LogP contribution in [-0.2, 0) is 4.79 Å². The number of fused-ring (bicyclic) bond motifs is 1. The van der Waals surface area contributed by atoms with Crippen molar-refractivity contribution in [3.05, 3.63) is 27.7 Å². The van der Waals surface area contributed by atoms with Gasteiger partial charge >= 0.3 is 0 Å². The third-order valence-electron chi connectivity index (χ3n) is 6.08. The number of aliphatic hydroxyl groups is 2. The van der Waals surface area contributed by atoms with Crippen molar-refractivity contribution in [3.8, 4) is 5.75 Å². The van der Waals surface area contributed by atoms with Gasteiger partial charge in [-0.05, 0) is 31.4 Å². The molecule has 0 aromatic heterocycles. The molecule has 1 aromatic carbocycles. The van der Waals surface area contributed by atoms with Crippen LogP contribution < -0.4 is 0 Å². The van der Waals surface area contributed by atoms with Crippen molar-refractivity contribution in [2.45, 2.75) is 42.9 Å². The van der Waals surface area contributed by atoms with Gasteiger partial charge in [0.25, 0.3) is 0 Å². The molecule has 26 heavy (non-hydrogen) atoms. The van der Waals surface area contributed by atoms with Crippen molar-refractivity contribution < 1.29 is 20.1 Å². The molecule has 6 nitrogen and oxygen atoms in total. The lowest BCUT2D eigenvalue weighted by Crippen LogP contribution is -2.63. The second-order valence-electron chi connectivity index (χ2n) is 7.80. The number of aliphatic hydroxyl groups excluding tert-OH is 1. The van der Waals surface area contributed by atoms with E-state index in [1.165, 1.54) is 0 Å². The van der Waals surface area contributed by atoms with Crippen LogP contribution in [0.2, 0.25) is 10.0 Å². The van der Waals surface area contributed by atoms with Crippen LogP contribution in [0.1, 0.15) is 30.7 Å². The average molecular weight is 401 g/mol. The molecule has 8 heteroatoms. The van der Waals surface area contributed by atoms with Crippen molar-refractivity contribution in [2.75, 3.05) is 26.2 Å². The molecule has 2 saturated heterocycles. The van der Waals surface area contributed by atoms with E-state index in [4.69, 9.17) is 23.2 Å². The molecule has 1 aliphatic carbocycles. The first kappa shape index (κ1) is 18.3. The lowest BCUT2D eigenvalue weighted by Gasteiger charge is -2.50. The summed E-state index contributed by atoms with van der Waals surface area (Å²) in [5.74, 6) is 0.118. The van der Waals surface area contributed by atoms with Crippen LogP contribution in [0.5, 0.6) is 5.75 Å². The second-order valence-corrected chi connectivity index (χ2v) is 8.59. The molecule has 1 saturated carbocycles. The maximum Gasteiger partial charge on any atom is 0.237 e. The number of halogens is 2. The van der Waals surface area contributed by atoms with Gasteiger partial charge in [-0.25, -0.2) is 0 Å². The molecule has 2 heterocycles. The molecule has 0 unspecified atom stereocenters. The van der Waals surface area contributed by atoms with E-state index >= 15 is 0 Å². The van der Waals surface area contributed by atoms with Gasteiger partial charge in [-0.15, -0.1) is 0 Å². The number of carbonyl (C=O) groups excluding carboxylic acids is 1. The Morgan fingerprint density at radius 1 is 1.19 bits per heavy atom. The predicted molar refractivity (Wildman–Crippen MR) is 97.6 cm³/mol. The normalized spacial score (nSPS) is 34.7. The van der Waals surface area contributed by atoms with E-state index in [9.17, 15) is 20.1 Å². The van der Waals surface area contributed by atoms with E-state index in [1.54, 1.807) is 12.1 Å². The molecule has 1 aromatic rings. The number of nitrogens with zero attached hydrogens (tertiary/aromatic N) is 2. The van der Waals surface area contributed by atoms with Gasteiger partial charge < -0.3 is 20.2 Å². The molecular weight excluding hydrogens is 379 g/mol. The van der Waals surface area contributed by atoms with E-state index in [2.05, 4.69) is 4.90 Å². The summed E-state index contributed by atoms with van der Waals surface area (Å²) in [5.41, 5.74) is -0.380.